The van der Waals surface area contributed by atoms with Gasteiger partial charge in [0.1, 0.15) is 6.61 Å². The van der Waals surface area contributed by atoms with Crippen LogP contribution in [0.15, 0.2) is 64.2 Å². The largest absolute Gasteiger partial charge is 0.391 e. The van der Waals surface area contributed by atoms with E-state index in [1.807, 2.05) is 30.5 Å². The molecule has 0 saturated carbocycles. The maximum atomic E-state index is 5.87. The monoisotopic (exact) mass is 357 g/mol. The van der Waals surface area contributed by atoms with Crippen molar-refractivity contribution >= 4 is 35.2 Å². The summed E-state index contributed by atoms with van der Waals surface area (Å²) in [5, 5.41) is 4.89. The minimum absolute atomic E-state index is 0.457. The highest BCUT2D eigenvalue weighted by Crippen LogP contribution is 2.33. The van der Waals surface area contributed by atoms with Gasteiger partial charge in [-0.2, -0.15) is 0 Å². The molecule has 0 aliphatic heterocycles. The van der Waals surface area contributed by atoms with Gasteiger partial charge in [0.25, 0.3) is 0 Å². The van der Waals surface area contributed by atoms with Crippen molar-refractivity contribution in [1.29, 1.82) is 0 Å². The number of thioether (sulfide) groups is 1. The van der Waals surface area contributed by atoms with E-state index in [0.717, 1.165) is 23.4 Å². The van der Waals surface area contributed by atoms with Gasteiger partial charge in [-0.25, -0.2) is 0 Å². The molecular weight excluding hydrogens is 338 g/mol. The van der Waals surface area contributed by atoms with Gasteiger partial charge in [-0.1, -0.05) is 41.0 Å². The quantitative estimate of drug-likeness (QED) is 0.348. The number of nitrogens with zero attached hydrogens (tertiary/aromatic N) is 1. The standard InChI is InChI=1S/C20H20ClNOS/c1-24-19-11-7-16(8-12-19)20-4-2-3-17(20)13-22-23-14-15-5-9-18(21)10-6-15/h5-13H,2-4,14H2,1H3/b22-13+. The van der Waals surface area contributed by atoms with Crippen molar-refractivity contribution in [2.75, 3.05) is 6.26 Å². The fourth-order valence-electron chi connectivity index (χ4n) is 2.82. The van der Waals surface area contributed by atoms with Gasteiger partial charge in [-0.15, -0.1) is 11.8 Å². The van der Waals surface area contributed by atoms with Gasteiger partial charge in [0.2, 0.25) is 0 Å². The topological polar surface area (TPSA) is 21.6 Å². The van der Waals surface area contributed by atoms with E-state index in [0.29, 0.717) is 6.61 Å². The van der Waals surface area contributed by atoms with Crippen LogP contribution in [-0.4, -0.2) is 12.5 Å². The van der Waals surface area contributed by atoms with Crippen LogP contribution in [0.4, 0.5) is 0 Å². The molecule has 0 radical (unpaired) electrons. The fraction of sp³-hybridized carbons (Fsp3) is 0.250. The second-order valence-electron chi connectivity index (χ2n) is 5.72. The third kappa shape index (κ3) is 4.43. The molecule has 0 aromatic heterocycles. The first-order chi connectivity index (χ1) is 11.8. The Labute approximate surface area is 152 Å². The number of oxime groups is 1. The summed E-state index contributed by atoms with van der Waals surface area (Å²) in [5.41, 5.74) is 5.03. The van der Waals surface area contributed by atoms with E-state index < -0.39 is 0 Å². The molecule has 1 aliphatic rings. The lowest BCUT2D eigenvalue weighted by Gasteiger charge is -2.05. The molecule has 24 heavy (non-hydrogen) atoms. The molecule has 0 heterocycles. The molecule has 2 aromatic carbocycles. The summed E-state index contributed by atoms with van der Waals surface area (Å²) in [4.78, 5) is 6.72. The van der Waals surface area contributed by atoms with Crippen LogP contribution in [0.1, 0.15) is 30.4 Å². The van der Waals surface area contributed by atoms with E-state index in [1.165, 1.54) is 28.0 Å². The van der Waals surface area contributed by atoms with Crippen LogP contribution >= 0.6 is 23.4 Å². The smallest absolute Gasteiger partial charge is 0.142 e. The van der Waals surface area contributed by atoms with Crippen LogP contribution in [0.5, 0.6) is 0 Å². The molecule has 0 spiro atoms. The second-order valence-corrected chi connectivity index (χ2v) is 7.04. The van der Waals surface area contributed by atoms with E-state index in [9.17, 15) is 0 Å². The van der Waals surface area contributed by atoms with Crippen LogP contribution in [0.3, 0.4) is 0 Å². The number of benzene rings is 2. The molecular formula is C20H20ClNOS. The lowest BCUT2D eigenvalue weighted by Crippen LogP contribution is -1.90. The summed E-state index contributed by atoms with van der Waals surface area (Å²) < 4.78 is 0. The summed E-state index contributed by atoms with van der Waals surface area (Å²) in [6.07, 6.45) is 7.32. The summed E-state index contributed by atoms with van der Waals surface area (Å²) >= 11 is 7.64. The Morgan fingerprint density at radius 1 is 1.08 bits per heavy atom. The number of hydrogen-bond donors (Lipinski definition) is 0. The minimum atomic E-state index is 0.457. The molecule has 124 valence electrons. The Kier molecular flexibility index (Phi) is 6.00. The van der Waals surface area contributed by atoms with Gasteiger partial charge in [-0.05, 0) is 72.1 Å². The van der Waals surface area contributed by atoms with Crippen molar-refractivity contribution in [2.45, 2.75) is 30.8 Å². The predicted molar refractivity (Wildman–Crippen MR) is 104 cm³/mol. The van der Waals surface area contributed by atoms with Crippen molar-refractivity contribution in [3.8, 4) is 0 Å². The number of rotatable bonds is 6. The van der Waals surface area contributed by atoms with Crippen molar-refractivity contribution in [2.24, 2.45) is 5.16 Å². The van der Waals surface area contributed by atoms with Crippen molar-refractivity contribution < 1.29 is 4.84 Å². The van der Waals surface area contributed by atoms with Gasteiger partial charge in [0, 0.05) is 9.92 Å². The zero-order valence-electron chi connectivity index (χ0n) is 13.7. The molecule has 0 fully saturated rings. The summed E-state index contributed by atoms with van der Waals surface area (Å²) in [6, 6.07) is 16.4. The third-order valence-corrected chi connectivity index (χ3v) is 5.12. The minimum Gasteiger partial charge on any atom is -0.391 e. The van der Waals surface area contributed by atoms with Crippen LogP contribution < -0.4 is 0 Å². The molecule has 0 atom stereocenters. The lowest BCUT2D eigenvalue weighted by atomic mass is 10.0. The number of allylic oxidation sites excluding steroid dienone is 2. The molecule has 0 saturated heterocycles. The zero-order chi connectivity index (χ0) is 16.8. The van der Waals surface area contributed by atoms with Crippen LogP contribution in [0.25, 0.3) is 5.57 Å². The molecule has 4 heteroatoms. The highest BCUT2D eigenvalue weighted by Gasteiger charge is 2.14. The van der Waals surface area contributed by atoms with Crippen molar-refractivity contribution in [3.63, 3.8) is 0 Å². The molecule has 2 aromatic rings. The number of hydrogen-bond acceptors (Lipinski definition) is 3. The van der Waals surface area contributed by atoms with Gasteiger partial charge in [0.05, 0.1) is 6.21 Å². The van der Waals surface area contributed by atoms with E-state index in [-0.39, 0.29) is 0 Å². The second kappa shape index (κ2) is 8.41. The first-order valence-electron chi connectivity index (χ1n) is 8.02. The highest BCUT2D eigenvalue weighted by molar-refractivity contribution is 7.98. The first-order valence-corrected chi connectivity index (χ1v) is 9.63. The Hall–Kier alpha value is -1.71. The van der Waals surface area contributed by atoms with Gasteiger partial charge >= 0.3 is 0 Å². The van der Waals surface area contributed by atoms with Gasteiger partial charge < -0.3 is 4.84 Å². The summed E-state index contributed by atoms with van der Waals surface area (Å²) in [6.45, 7) is 0.457. The Balaban J connectivity index is 1.64. The molecule has 0 amide bonds. The lowest BCUT2D eigenvalue weighted by molar-refractivity contribution is 0.132. The van der Waals surface area contributed by atoms with Crippen LogP contribution in [0.2, 0.25) is 5.02 Å². The fourth-order valence-corrected chi connectivity index (χ4v) is 3.36. The zero-order valence-corrected chi connectivity index (χ0v) is 15.2. The third-order valence-electron chi connectivity index (χ3n) is 4.13. The normalized spacial score (nSPS) is 14.6. The maximum Gasteiger partial charge on any atom is 0.142 e. The molecule has 0 bridgehead atoms. The average molecular weight is 358 g/mol. The molecule has 0 unspecified atom stereocenters. The predicted octanol–water partition coefficient (Wildman–Crippen LogP) is 6.20. The average Bonchev–Trinajstić information content (AvgIpc) is 3.09. The number of halogens is 1. The van der Waals surface area contributed by atoms with E-state index in [1.54, 1.807) is 11.8 Å². The van der Waals surface area contributed by atoms with Gasteiger partial charge in [0.15, 0.2) is 0 Å². The van der Waals surface area contributed by atoms with E-state index >= 15 is 0 Å². The van der Waals surface area contributed by atoms with E-state index in [4.69, 9.17) is 16.4 Å². The summed E-state index contributed by atoms with van der Waals surface area (Å²) in [5.74, 6) is 0. The molecule has 3 rings (SSSR count). The van der Waals surface area contributed by atoms with Crippen LogP contribution in [-0.2, 0) is 11.4 Å². The Morgan fingerprint density at radius 2 is 1.83 bits per heavy atom. The van der Waals surface area contributed by atoms with E-state index in [2.05, 4.69) is 35.7 Å². The van der Waals surface area contributed by atoms with Gasteiger partial charge in [-0.3, -0.25) is 0 Å². The highest BCUT2D eigenvalue weighted by atomic mass is 35.5. The molecule has 0 N–H and O–H groups in total. The Morgan fingerprint density at radius 3 is 2.54 bits per heavy atom. The SMILES string of the molecule is CSc1ccc(C2=C(/C=N/OCc3ccc(Cl)cc3)CCC2)cc1. The molecule has 1 aliphatic carbocycles. The van der Waals surface area contributed by atoms with Crippen molar-refractivity contribution in [3.05, 3.63) is 70.3 Å². The summed E-state index contributed by atoms with van der Waals surface area (Å²) in [7, 11) is 0. The van der Waals surface area contributed by atoms with Crippen LogP contribution in [0, 0.1) is 0 Å². The molecule has 2 nitrogen and oxygen atoms in total. The Bertz CT molecular complexity index is 735. The van der Waals surface area contributed by atoms with Crippen molar-refractivity contribution in [1.82, 2.24) is 0 Å². The maximum absolute atomic E-state index is 5.87. The first kappa shape index (κ1) is 17.1.